The molecule has 1 aliphatic heterocycles. The van der Waals surface area contributed by atoms with Crippen molar-refractivity contribution in [3.63, 3.8) is 0 Å². The maximum Gasteiger partial charge on any atom is 0.395 e. The quantitative estimate of drug-likeness (QED) is 0.387. The Labute approximate surface area is 229 Å². The van der Waals surface area contributed by atoms with E-state index in [1.165, 1.54) is 55.2 Å². The number of carbonyl (C=O) groups is 3. The first-order valence-corrected chi connectivity index (χ1v) is 12.3. The number of rotatable bonds is 7. The van der Waals surface area contributed by atoms with Gasteiger partial charge in [0.2, 0.25) is 0 Å². The Morgan fingerprint density at radius 1 is 1.18 bits per heavy atom. The number of carbonyl (C=O) groups excluding carboxylic acids is 3. The lowest BCUT2D eigenvalue weighted by molar-refractivity contribution is -0.162. The number of ether oxygens (including phenoxy) is 3. The zero-order valence-corrected chi connectivity index (χ0v) is 22.2. The standard InChI is InChI=1S/C28H28F3N3O6/c1-5-39-26(36)23-22(18-11-9-17(14-32)10-12-18)21(27(37)40-16(3)25(35)38-4)15(2)34(24(23)33)20-8-6-7-19(13-20)28(29,30)31/h6-12,16,19,22H,5,13,33H2,1-4H3/t16-,19?,22?/m0/s1. The summed E-state index contributed by atoms with van der Waals surface area (Å²) in [6, 6.07) is 7.94. The van der Waals surface area contributed by atoms with E-state index in [-0.39, 0.29) is 35.0 Å². The second-order valence-electron chi connectivity index (χ2n) is 8.99. The summed E-state index contributed by atoms with van der Waals surface area (Å²) >= 11 is 0. The number of methoxy groups -OCH3 is 1. The third-order valence-electron chi connectivity index (χ3n) is 6.49. The molecule has 9 nitrogen and oxygen atoms in total. The van der Waals surface area contributed by atoms with E-state index in [1.807, 2.05) is 6.07 Å². The fourth-order valence-electron chi connectivity index (χ4n) is 4.56. The molecule has 0 fully saturated rings. The molecule has 0 saturated heterocycles. The van der Waals surface area contributed by atoms with E-state index in [0.717, 1.165) is 13.2 Å². The minimum atomic E-state index is -4.55. The zero-order valence-electron chi connectivity index (χ0n) is 22.2. The van der Waals surface area contributed by atoms with Gasteiger partial charge in [-0.05, 0) is 44.5 Å². The molecule has 2 unspecified atom stereocenters. The molecule has 0 radical (unpaired) electrons. The van der Waals surface area contributed by atoms with Gasteiger partial charge in [-0.2, -0.15) is 18.4 Å². The molecular weight excluding hydrogens is 531 g/mol. The molecule has 0 aromatic heterocycles. The third kappa shape index (κ3) is 6.03. The predicted octanol–water partition coefficient (Wildman–Crippen LogP) is 4.09. The first-order chi connectivity index (χ1) is 18.8. The van der Waals surface area contributed by atoms with Crippen molar-refractivity contribution >= 4 is 17.9 Å². The van der Waals surface area contributed by atoms with Gasteiger partial charge in [-0.15, -0.1) is 0 Å². The Balaban J connectivity index is 2.27. The molecule has 0 spiro atoms. The number of alkyl halides is 3. The van der Waals surface area contributed by atoms with Gasteiger partial charge in [0.25, 0.3) is 0 Å². The second-order valence-corrected chi connectivity index (χ2v) is 8.99. The Kier molecular flexibility index (Phi) is 9.09. The van der Waals surface area contributed by atoms with Crippen LogP contribution in [-0.4, -0.2) is 48.8 Å². The van der Waals surface area contributed by atoms with E-state index < -0.39 is 48.4 Å². The molecule has 3 rings (SSSR count). The molecule has 0 saturated carbocycles. The van der Waals surface area contributed by atoms with E-state index in [2.05, 4.69) is 4.74 Å². The molecule has 2 aliphatic rings. The Morgan fingerprint density at radius 3 is 2.38 bits per heavy atom. The van der Waals surface area contributed by atoms with Crippen LogP contribution in [0.4, 0.5) is 13.2 Å². The van der Waals surface area contributed by atoms with Crippen LogP contribution < -0.4 is 5.73 Å². The van der Waals surface area contributed by atoms with Gasteiger partial charge in [-0.25, -0.2) is 14.4 Å². The smallest absolute Gasteiger partial charge is 0.395 e. The fraction of sp³-hybridized carbons (Fsp3) is 0.357. The van der Waals surface area contributed by atoms with Gasteiger partial charge < -0.3 is 24.8 Å². The average molecular weight is 560 g/mol. The fourth-order valence-corrected chi connectivity index (χ4v) is 4.56. The van der Waals surface area contributed by atoms with Crippen molar-refractivity contribution in [3.8, 4) is 6.07 Å². The van der Waals surface area contributed by atoms with E-state index in [9.17, 15) is 32.8 Å². The minimum Gasteiger partial charge on any atom is -0.466 e. The average Bonchev–Trinajstić information content (AvgIpc) is 2.92. The summed E-state index contributed by atoms with van der Waals surface area (Å²) in [6.07, 6.45) is -2.76. The summed E-state index contributed by atoms with van der Waals surface area (Å²) in [5, 5.41) is 9.23. The number of nitrogens with zero attached hydrogens (tertiary/aromatic N) is 2. The lowest BCUT2D eigenvalue weighted by Gasteiger charge is -2.39. The number of esters is 3. The van der Waals surface area contributed by atoms with Gasteiger partial charge in [0, 0.05) is 17.8 Å². The number of hydrogen-bond acceptors (Lipinski definition) is 9. The highest BCUT2D eigenvalue weighted by Gasteiger charge is 2.45. The van der Waals surface area contributed by atoms with Crippen LogP contribution in [0.25, 0.3) is 0 Å². The predicted molar refractivity (Wildman–Crippen MR) is 135 cm³/mol. The topological polar surface area (TPSA) is 132 Å². The van der Waals surface area contributed by atoms with Crippen molar-refractivity contribution in [3.05, 3.63) is 82.0 Å². The highest BCUT2D eigenvalue weighted by atomic mass is 19.4. The van der Waals surface area contributed by atoms with Crippen molar-refractivity contribution < 1.29 is 41.8 Å². The zero-order chi connectivity index (χ0) is 29.8. The molecule has 1 aromatic carbocycles. The summed E-state index contributed by atoms with van der Waals surface area (Å²) in [5.41, 5.74) is 6.94. The van der Waals surface area contributed by atoms with Gasteiger partial charge in [-0.3, -0.25) is 0 Å². The van der Waals surface area contributed by atoms with E-state index >= 15 is 0 Å². The van der Waals surface area contributed by atoms with Gasteiger partial charge in [-0.1, -0.05) is 24.3 Å². The van der Waals surface area contributed by atoms with Crippen LogP contribution in [0.15, 0.2) is 70.9 Å². The lowest BCUT2D eigenvalue weighted by Crippen LogP contribution is -2.40. The largest absolute Gasteiger partial charge is 0.466 e. The maximum atomic E-state index is 13.6. The van der Waals surface area contributed by atoms with E-state index in [0.29, 0.717) is 11.1 Å². The van der Waals surface area contributed by atoms with Crippen LogP contribution in [0.3, 0.4) is 0 Å². The molecule has 1 heterocycles. The second kappa shape index (κ2) is 12.1. The number of hydrogen-bond donors (Lipinski definition) is 1. The molecule has 212 valence electrons. The minimum absolute atomic E-state index is 0.0564. The van der Waals surface area contributed by atoms with E-state index in [1.54, 1.807) is 6.92 Å². The molecule has 1 aromatic rings. The summed E-state index contributed by atoms with van der Waals surface area (Å²) in [4.78, 5) is 40.2. The van der Waals surface area contributed by atoms with Crippen molar-refractivity contribution in [2.24, 2.45) is 11.7 Å². The molecular formula is C28H28F3N3O6. The van der Waals surface area contributed by atoms with Crippen LogP contribution in [0.5, 0.6) is 0 Å². The third-order valence-corrected chi connectivity index (χ3v) is 6.49. The van der Waals surface area contributed by atoms with E-state index in [4.69, 9.17) is 15.2 Å². The summed E-state index contributed by atoms with van der Waals surface area (Å²) < 4.78 is 56.1. The highest BCUT2D eigenvalue weighted by Crippen LogP contribution is 2.45. The van der Waals surface area contributed by atoms with Crippen molar-refractivity contribution in [1.82, 2.24) is 4.90 Å². The molecule has 12 heteroatoms. The Hall–Kier alpha value is -4.53. The number of nitrogens with two attached hydrogens (primary N) is 1. The van der Waals surface area contributed by atoms with Crippen LogP contribution in [-0.2, 0) is 28.6 Å². The first kappa shape index (κ1) is 30.0. The van der Waals surface area contributed by atoms with Crippen LogP contribution in [0.1, 0.15) is 44.2 Å². The number of allylic oxidation sites excluding steroid dienone is 5. The Morgan fingerprint density at radius 2 is 1.82 bits per heavy atom. The molecule has 0 amide bonds. The van der Waals surface area contributed by atoms with Crippen molar-refractivity contribution in [1.29, 1.82) is 5.26 Å². The Bertz CT molecular complexity index is 1350. The number of halogens is 3. The SMILES string of the molecule is CCOC(=O)C1=C(N)N(C2=CC=CC(C(F)(F)F)C2)C(C)=C(C(=O)O[C@@H](C)C(=O)OC)C1c1ccc(C#N)cc1. The van der Waals surface area contributed by atoms with Crippen LogP contribution in [0, 0.1) is 17.2 Å². The van der Waals surface area contributed by atoms with Crippen molar-refractivity contribution in [2.75, 3.05) is 13.7 Å². The van der Waals surface area contributed by atoms with Crippen LogP contribution >= 0.6 is 0 Å². The molecule has 0 bridgehead atoms. The molecule has 2 N–H and O–H groups in total. The first-order valence-electron chi connectivity index (χ1n) is 12.3. The number of benzene rings is 1. The normalized spacial score (nSPS) is 19.9. The summed E-state index contributed by atoms with van der Waals surface area (Å²) in [7, 11) is 1.11. The highest BCUT2D eigenvalue weighted by molar-refractivity contribution is 6.00. The summed E-state index contributed by atoms with van der Waals surface area (Å²) in [6.45, 7) is 4.24. The van der Waals surface area contributed by atoms with Crippen molar-refractivity contribution in [2.45, 2.75) is 45.4 Å². The summed E-state index contributed by atoms with van der Waals surface area (Å²) in [5.74, 6) is -6.03. The molecule has 3 atom stereocenters. The van der Waals surface area contributed by atoms with Crippen LogP contribution in [0.2, 0.25) is 0 Å². The monoisotopic (exact) mass is 559 g/mol. The molecule has 40 heavy (non-hydrogen) atoms. The maximum absolute atomic E-state index is 13.6. The van der Waals surface area contributed by atoms with Gasteiger partial charge in [0.15, 0.2) is 6.10 Å². The lowest BCUT2D eigenvalue weighted by atomic mass is 9.80. The van der Waals surface area contributed by atoms with Gasteiger partial charge in [0.05, 0.1) is 48.3 Å². The number of nitriles is 1. The molecule has 1 aliphatic carbocycles. The van der Waals surface area contributed by atoms with Gasteiger partial charge in [0.1, 0.15) is 5.82 Å². The van der Waals surface area contributed by atoms with Gasteiger partial charge >= 0.3 is 24.1 Å².